The molecular weight excluding hydrogens is 458 g/mol. The van der Waals surface area contributed by atoms with Gasteiger partial charge in [-0.3, -0.25) is 14.9 Å². The van der Waals surface area contributed by atoms with Gasteiger partial charge in [0.15, 0.2) is 11.5 Å². The molecule has 0 aromatic heterocycles. The number of hydrogen-bond donors (Lipinski definition) is 1. The number of nitro groups is 1. The quantitative estimate of drug-likeness (QED) is 0.146. The van der Waals surface area contributed by atoms with Crippen molar-refractivity contribution >= 4 is 34.1 Å². The number of hydrogen-bond acceptors (Lipinski definition) is 6. The number of nitrogens with zero attached hydrogens (tertiary/aromatic N) is 2. The largest absolute Gasteiger partial charge is 0.493 e. The molecule has 1 N–H and O–H groups in total. The minimum Gasteiger partial charge on any atom is -0.493 e. The molecule has 36 heavy (non-hydrogen) atoms. The lowest BCUT2D eigenvalue weighted by molar-refractivity contribution is -0.384. The molecule has 0 saturated carbocycles. The van der Waals surface area contributed by atoms with Crippen molar-refractivity contribution in [3.8, 4) is 17.6 Å². The number of carbonyl (C=O) groups is 1. The smallest absolute Gasteiger partial charge is 0.271 e. The number of ether oxygens (including phenoxy) is 2. The van der Waals surface area contributed by atoms with Crippen molar-refractivity contribution < 1.29 is 19.2 Å². The number of rotatable bonds is 8. The summed E-state index contributed by atoms with van der Waals surface area (Å²) in [4.78, 5) is 23.0. The van der Waals surface area contributed by atoms with Crippen LogP contribution in [0.1, 0.15) is 11.1 Å². The van der Waals surface area contributed by atoms with E-state index in [4.69, 9.17) is 9.47 Å². The summed E-state index contributed by atoms with van der Waals surface area (Å²) in [6.45, 7) is 0.335. The minimum absolute atomic E-state index is 0.167. The summed E-state index contributed by atoms with van der Waals surface area (Å²) in [5.74, 6) is 0.274. The highest BCUT2D eigenvalue weighted by atomic mass is 16.6. The zero-order valence-corrected chi connectivity index (χ0v) is 19.3. The first-order chi connectivity index (χ1) is 17.5. The highest BCUT2D eigenvalue weighted by Gasteiger charge is 2.13. The van der Waals surface area contributed by atoms with Gasteiger partial charge in [-0.2, -0.15) is 5.26 Å². The summed E-state index contributed by atoms with van der Waals surface area (Å²) in [5.41, 5.74) is 1.45. The maximum absolute atomic E-state index is 12.6. The van der Waals surface area contributed by atoms with Gasteiger partial charge in [-0.15, -0.1) is 0 Å². The topological polar surface area (TPSA) is 114 Å². The second-order valence-electron chi connectivity index (χ2n) is 7.77. The fourth-order valence-electron chi connectivity index (χ4n) is 3.68. The normalized spacial score (nSPS) is 10.9. The Morgan fingerprint density at radius 2 is 1.81 bits per heavy atom. The SMILES string of the molecule is COc1cc(/C=C(\C#N)C(=O)Nc2cccc([N+](=O)[O-])c2)ccc1OCc1cccc2ccccc12. The van der Waals surface area contributed by atoms with E-state index in [1.807, 2.05) is 48.5 Å². The standard InChI is InChI=1S/C28H21N3O5/c1-35-27-15-19(14-22(17-29)28(32)30-23-9-5-10-24(16-23)31(33)34)12-13-26(27)36-18-21-8-4-7-20-6-2-3-11-25(20)21/h2-16H,18H2,1H3,(H,30,32)/b22-14+. The maximum atomic E-state index is 12.6. The van der Waals surface area contributed by atoms with Crippen molar-refractivity contribution in [1.82, 2.24) is 0 Å². The van der Waals surface area contributed by atoms with Crippen LogP contribution in [0, 0.1) is 21.4 Å². The number of nitrogens with one attached hydrogen (secondary N) is 1. The molecule has 0 radical (unpaired) electrons. The molecule has 0 bridgehead atoms. The van der Waals surface area contributed by atoms with Crippen LogP contribution in [0.15, 0.2) is 90.5 Å². The van der Waals surface area contributed by atoms with Crippen LogP contribution in [0.4, 0.5) is 11.4 Å². The molecule has 0 spiro atoms. The van der Waals surface area contributed by atoms with Gasteiger partial charge in [0, 0.05) is 17.8 Å². The number of anilines is 1. The van der Waals surface area contributed by atoms with Gasteiger partial charge in [0.25, 0.3) is 11.6 Å². The Bertz CT molecular complexity index is 1520. The van der Waals surface area contributed by atoms with Gasteiger partial charge in [0.2, 0.25) is 0 Å². The number of nitro benzene ring substituents is 1. The molecule has 0 fully saturated rings. The Labute approximate surface area is 207 Å². The maximum Gasteiger partial charge on any atom is 0.271 e. The number of nitriles is 1. The first kappa shape index (κ1) is 24.0. The van der Waals surface area contributed by atoms with E-state index in [0.29, 0.717) is 23.7 Å². The fraction of sp³-hybridized carbons (Fsp3) is 0.0714. The predicted octanol–water partition coefficient (Wildman–Crippen LogP) is 5.88. The van der Waals surface area contributed by atoms with Crippen molar-refractivity contribution in [2.45, 2.75) is 6.61 Å². The Morgan fingerprint density at radius 1 is 1.03 bits per heavy atom. The average Bonchev–Trinajstić information content (AvgIpc) is 2.90. The number of carbonyl (C=O) groups excluding carboxylic acids is 1. The summed E-state index contributed by atoms with van der Waals surface area (Å²) in [7, 11) is 1.51. The van der Waals surface area contributed by atoms with Crippen molar-refractivity contribution in [1.29, 1.82) is 5.26 Å². The van der Waals surface area contributed by atoms with Gasteiger partial charge >= 0.3 is 0 Å². The van der Waals surface area contributed by atoms with Gasteiger partial charge in [-0.1, -0.05) is 54.6 Å². The number of benzene rings is 4. The molecule has 0 aliphatic heterocycles. The molecule has 0 aliphatic rings. The van der Waals surface area contributed by atoms with Crippen LogP contribution in [0.2, 0.25) is 0 Å². The van der Waals surface area contributed by atoms with E-state index >= 15 is 0 Å². The molecule has 0 saturated heterocycles. The lowest BCUT2D eigenvalue weighted by Gasteiger charge is -2.13. The van der Waals surface area contributed by atoms with E-state index in [1.54, 1.807) is 18.2 Å². The molecule has 178 valence electrons. The van der Waals surface area contributed by atoms with E-state index < -0.39 is 10.8 Å². The Hall–Kier alpha value is -5.16. The monoisotopic (exact) mass is 479 g/mol. The molecule has 0 atom stereocenters. The van der Waals surface area contributed by atoms with E-state index in [0.717, 1.165) is 16.3 Å². The van der Waals surface area contributed by atoms with Crippen LogP contribution in [0.25, 0.3) is 16.8 Å². The van der Waals surface area contributed by atoms with Crippen molar-refractivity contribution in [3.05, 3.63) is 112 Å². The lowest BCUT2D eigenvalue weighted by Crippen LogP contribution is -2.13. The molecule has 4 rings (SSSR count). The molecule has 4 aromatic rings. The van der Waals surface area contributed by atoms with Crippen LogP contribution in [-0.2, 0) is 11.4 Å². The average molecular weight is 479 g/mol. The Balaban J connectivity index is 1.51. The van der Waals surface area contributed by atoms with Crippen molar-refractivity contribution in [3.63, 3.8) is 0 Å². The number of non-ortho nitro benzene ring substituents is 1. The van der Waals surface area contributed by atoms with Crippen LogP contribution in [-0.4, -0.2) is 17.9 Å². The Morgan fingerprint density at radius 3 is 2.58 bits per heavy atom. The van der Waals surface area contributed by atoms with Crippen LogP contribution in [0.5, 0.6) is 11.5 Å². The van der Waals surface area contributed by atoms with Crippen LogP contribution < -0.4 is 14.8 Å². The molecule has 0 aliphatic carbocycles. The lowest BCUT2D eigenvalue weighted by atomic mass is 10.1. The molecule has 0 heterocycles. The van der Waals surface area contributed by atoms with Crippen LogP contribution >= 0.6 is 0 Å². The summed E-state index contributed by atoms with van der Waals surface area (Å²) >= 11 is 0. The second-order valence-corrected chi connectivity index (χ2v) is 7.77. The summed E-state index contributed by atoms with van der Waals surface area (Å²) in [6, 6.07) is 26.5. The van der Waals surface area contributed by atoms with Crippen molar-refractivity contribution in [2.24, 2.45) is 0 Å². The fourth-order valence-corrected chi connectivity index (χ4v) is 3.68. The zero-order chi connectivity index (χ0) is 25.5. The minimum atomic E-state index is -0.687. The van der Waals surface area contributed by atoms with E-state index in [9.17, 15) is 20.2 Å². The Kier molecular flexibility index (Phi) is 7.22. The van der Waals surface area contributed by atoms with Gasteiger partial charge in [-0.05, 0) is 46.2 Å². The first-order valence-corrected chi connectivity index (χ1v) is 10.9. The van der Waals surface area contributed by atoms with Crippen molar-refractivity contribution in [2.75, 3.05) is 12.4 Å². The summed E-state index contributed by atoms with van der Waals surface area (Å²) in [5, 5.41) is 25.2. The number of fused-ring (bicyclic) bond motifs is 1. The summed E-state index contributed by atoms with van der Waals surface area (Å²) in [6.07, 6.45) is 1.41. The third-order valence-electron chi connectivity index (χ3n) is 5.44. The van der Waals surface area contributed by atoms with Gasteiger partial charge < -0.3 is 14.8 Å². The molecule has 0 unspecified atom stereocenters. The first-order valence-electron chi connectivity index (χ1n) is 10.9. The summed E-state index contributed by atoms with van der Waals surface area (Å²) < 4.78 is 11.5. The molecule has 8 nitrogen and oxygen atoms in total. The van der Waals surface area contributed by atoms with Gasteiger partial charge in [0.1, 0.15) is 18.2 Å². The van der Waals surface area contributed by atoms with Gasteiger partial charge in [-0.25, -0.2) is 0 Å². The third kappa shape index (κ3) is 5.48. The highest BCUT2D eigenvalue weighted by molar-refractivity contribution is 6.09. The zero-order valence-electron chi connectivity index (χ0n) is 19.3. The number of methoxy groups -OCH3 is 1. The molecule has 8 heteroatoms. The predicted molar refractivity (Wildman–Crippen MR) is 137 cm³/mol. The molecule has 4 aromatic carbocycles. The number of amides is 1. The molecule has 1 amide bonds. The highest BCUT2D eigenvalue weighted by Crippen LogP contribution is 2.30. The third-order valence-corrected chi connectivity index (χ3v) is 5.44. The second kappa shape index (κ2) is 10.8. The van der Waals surface area contributed by atoms with E-state index in [-0.39, 0.29) is 16.9 Å². The van der Waals surface area contributed by atoms with E-state index in [1.165, 1.54) is 37.5 Å². The van der Waals surface area contributed by atoms with Gasteiger partial charge in [0.05, 0.1) is 12.0 Å². The van der Waals surface area contributed by atoms with E-state index in [2.05, 4.69) is 5.32 Å². The van der Waals surface area contributed by atoms with Crippen LogP contribution in [0.3, 0.4) is 0 Å². The molecular formula is C28H21N3O5.